The molecule has 0 radical (unpaired) electrons. The first-order valence-corrected chi connectivity index (χ1v) is 6.80. The van der Waals surface area contributed by atoms with Crippen LogP contribution in [-0.4, -0.2) is 32.1 Å². The summed E-state index contributed by atoms with van der Waals surface area (Å²) in [4.78, 5) is 23.0. The van der Waals surface area contributed by atoms with Crippen LogP contribution in [0.25, 0.3) is 0 Å². The minimum absolute atomic E-state index is 0.224. The predicted molar refractivity (Wildman–Crippen MR) is 79.3 cm³/mol. The Bertz CT molecular complexity index is 551. The Morgan fingerprint density at radius 2 is 1.67 bits per heavy atom. The number of ketones is 1. The van der Waals surface area contributed by atoms with Crippen LogP contribution in [0.4, 0.5) is 0 Å². The second-order valence-electron chi connectivity index (χ2n) is 3.87. The molecule has 5 nitrogen and oxygen atoms in total. The third kappa shape index (κ3) is 4.79. The van der Waals surface area contributed by atoms with Crippen molar-refractivity contribution < 1.29 is 23.8 Å². The van der Waals surface area contributed by atoms with Gasteiger partial charge in [0.05, 0.1) is 25.3 Å². The molecule has 0 heterocycles. The van der Waals surface area contributed by atoms with Gasteiger partial charge in [0.2, 0.25) is 0 Å². The summed E-state index contributed by atoms with van der Waals surface area (Å²) in [6.07, 6.45) is 2.14. The second kappa shape index (κ2) is 8.32. The lowest BCUT2D eigenvalue weighted by molar-refractivity contribution is -0.134. The molecule has 6 heteroatoms. The van der Waals surface area contributed by atoms with Gasteiger partial charge in [0.25, 0.3) is 0 Å². The van der Waals surface area contributed by atoms with E-state index < -0.39 is 11.8 Å². The van der Waals surface area contributed by atoms with Crippen LogP contribution in [-0.2, 0) is 9.53 Å². The minimum atomic E-state index is -0.615. The standard InChI is InChI=1S/C15H17ClO5/c1-4-20-13-8-10(11(16)9-14(13)21-5-2)12(17)6-7-15(18)19-3/h6-9H,4-5H2,1-3H3/b7-6+. The Morgan fingerprint density at radius 1 is 1.10 bits per heavy atom. The van der Waals surface area contributed by atoms with Crippen molar-refractivity contribution in [3.8, 4) is 11.5 Å². The molecule has 0 unspecified atom stereocenters. The number of carbonyl (C=O) groups is 2. The fourth-order valence-electron chi connectivity index (χ4n) is 1.56. The molecular formula is C15H17ClO5. The maximum atomic E-state index is 12.0. The zero-order chi connectivity index (χ0) is 15.8. The van der Waals surface area contributed by atoms with E-state index in [0.29, 0.717) is 24.7 Å². The van der Waals surface area contributed by atoms with Crippen molar-refractivity contribution in [3.05, 3.63) is 34.9 Å². The number of allylic oxidation sites excluding steroid dienone is 1. The Hall–Kier alpha value is -2.01. The molecule has 1 aromatic carbocycles. The Labute approximate surface area is 128 Å². The first-order valence-electron chi connectivity index (χ1n) is 6.42. The van der Waals surface area contributed by atoms with E-state index in [2.05, 4.69) is 4.74 Å². The van der Waals surface area contributed by atoms with E-state index in [1.54, 1.807) is 0 Å². The lowest BCUT2D eigenvalue weighted by atomic mass is 10.1. The fourth-order valence-corrected chi connectivity index (χ4v) is 1.81. The SMILES string of the molecule is CCOc1cc(Cl)c(C(=O)/C=C/C(=O)OC)cc1OCC. The van der Waals surface area contributed by atoms with Crippen molar-refractivity contribution in [2.24, 2.45) is 0 Å². The van der Waals surface area contributed by atoms with Gasteiger partial charge in [-0.3, -0.25) is 4.79 Å². The third-order valence-electron chi connectivity index (χ3n) is 2.47. The van der Waals surface area contributed by atoms with Crippen LogP contribution < -0.4 is 9.47 Å². The lowest BCUT2D eigenvalue weighted by Crippen LogP contribution is -2.03. The van der Waals surface area contributed by atoms with Gasteiger partial charge in [0, 0.05) is 17.7 Å². The fraction of sp³-hybridized carbons (Fsp3) is 0.333. The predicted octanol–water partition coefficient (Wildman–Crippen LogP) is 3.05. The molecule has 1 aromatic rings. The summed E-state index contributed by atoms with van der Waals surface area (Å²) < 4.78 is 15.3. The summed E-state index contributed by atoms with van der Waals surface area (Å²) in [6, 6.07) is 3.02. The monoisotopic (exact) mass is 312 g/mol. The van der Waals surface area contributed by atoms with Crippen LogP contribution in [0.3, 0.4) is 0 Å². The first-order chi connectivity index (χ1) is 10.0. The summed E-state index contributed by atoms with van der Waals surface area (Å²) in [7, 11) is 1.23. The van der Waals surface area contributed by atoms with E-state index in [4.69, 9.17) is 21.1 Å². The molecule has 0 aliphatic rings. The molecule has 0 saturated carbocycles. The summed E-state index contributed by atoms with van der Waals surface area (Å²) >= 11 is 6.07. The van der Waals surface area contributed by atoms with Gasteiger partial charge >= 0.3 is 5.97 Å². The van der Waals surface area contributed by atoms with Crippen molar-refractivity contribution in [3.63, 3.8) is 0 Å². The van der Waals surface area contributed by atoms with Crippen LogP contribution in [0.5, 0.6) is 11.5 Å². The summed E-state index contributed by atoms with van der Waals surface area (Å²) in [5.74, 6) is -0.138. The Morgan fingerprint density at radius 3 is 2.19 bits per heavy atom. The smallest absolute Gasteiger partial charge is 0.330 e. The number of hydrogen-bond acceptors (Lipinski definition) is 5. The van der Waals surface area contributed by atoms with E-state index in [1.807, 2.05) is 13.8 Å². The van der Waals surface area contributed by atoms with Crippen molar-refractivity contribution >= 4 is 23.4 Å². The third-order valence-corrected chi connectivity index (χ3v) is 2.78. The number of rotatable bonds is 7. The van der Waals surface area contributed by atoms with Gasteiger partial charge in [0.1, 0.15) is 0 Å². The average Bonchev–Trinajstić information content (AvgIpc) is 2.47. The van der Waals surface area contributed by atoms with Gasteiger partial charge in [-0.05, 0) is 26.0 Å². The van der Waals surface area contributed by atoms with Gasteiger partial charge < -0.3 is 14.2 Å². The largest absolute Gasteiger partial charge is 0.490 e. The van der Waals surface area contributed by atoms with Crippen LogP contribution in [0.15, 0.2) is 24.3 Å². The zero-order valence-corrected chi connectivity index (χ0v) is 12.9. The number of benzene rings is 1. The topological polar surface area (TPSA) is 61.8 Å². The molecule has 0 fully saturated rings. The Balaban J connectivity index is 3.12. The molecule has 21 heavy (non-hydrogen) atoms. The molecule has 1 rings (SSSR count). The number of hydrogen-bond donors (Lipinski definition) is 0. The normalized spacial score (nSPS) is 10.5. The quantitative estimate of drug-likeness (QED) is 0.440. The maximum absolute atomic E-state index is 12.0. The van der Waals surface area contributed by atoms with Crippen LogP contribution >= 0.6 is 11.6 Å². The minimum Gasteiger partial charge on any atom is -0.490 e. The molecule has 0 aliphatic heterocycles. The van der Waals surface area contributed by atoms with E-state index in [0.717, 1.165) is 12.2 Å². The van der Waals surface area contributed by atoms with Gasteiger partial charge in [0.15, 0.2) is 17.3 Å². The average molecular weight is 313 g/mol. The zero-order valence-electron chi connectivity index (χ0n) is 12.1. The molecule has 0 saturated heterocycles. The lowest BCUT2D eigenvalue weighted by Gasteiger charge is -2.13. The number of methoxy groups -OCH3 is 1. The van der Waals surface area contributed by atoms with E-state index in [1.165, 1.54) is 19.2 Å². The van der Waals surface area contributed by atoms with Crippen molar-refractivity contribution in [1.82, 2.24) is 0 Å². The molecule has 0 atom stereocenters. The van der Waals surface area contributed by atoms with Gasteiger partial charge in [-0.25, -0.2) is 4.79 Å². The van der Waals surface area contributed by atoms with Crippen molar-refractivity contribution in [1.29, 1.82) is 0 Å². The molecule has 114 valence electrons. The molecule has 0 spiro atoms. The van der Waals surface area contributed by atoms with Crippen LogP contribution in [0, 0.1) is 0 Å². The second-order valence-corrected chi connectivity index (χ2v) is 4.27. The van der Waals surface area contributed by atoms with Gasteiger partial charge in [-0.2, -0.15) is 0 Å². The molecule has 0 N–H and O–H groups in total. The highest BCUT2D eigenvalue weighted by Gasteiger charge is 2.15. The number of carbonyl (C=O) groups excluding carboxylic acids is 2. The van der Waals surface area contributed by atoms with E-state index >= 15 is 0 Å². The highest BCUT2D eigenvalue weighted by molar-refractivity contribution is 6.35. The van der Waals surface area contributed by atoms with Crippen LogP contribution in [0.2, 0.25) is 5.02 Å². The number of esters is 1. The van der Waals surface area contributed by atoms with E-state index in [-0.39, 0.29) is 10.6 Å². The maximum Gasteiger partial charge on any atom is 0.330 e. The van der Waals surface area contributed by atoms with Gasteiger partial charge in [-0.1, -0.05) is 11.6 Å². The molecule has 0 aromatic heterocycles. The summed E-state index contributed by atoms with van der Waals surface area (Å²) in [6.45, 7) is 4.53. The van der Waals surface area contributed by atoms with Crippen molar-refractivity contribution in [2.45, 2.75) is 13.8 Å². The highest BCUT2D eigenvalue weighted by Crippen LogP contribution is 2.34. The Kier molecular flexibility index (Phi) is 6.75. The number of ether oxygens (including phenoxy) is 3. The summed E-state index contributed by atoms with van der Waals surface area (Å²) in [5, 5.41) is 0.224. The molecule has 0 aliphatic carbocycles. The number of halogens is 1. The molecular weight excluding hydrogens is 296 g/mol. The molecule has 0 amide bonds. The van der Waals surface area contributed by atoms with Crippen LogP contribution in [0.1, 0.15) is 24.2 Å². The van der Waals surface area contributed by atoms with E-state index in [9.17, 15) is 9.59 Å². The molecule has 0 bridgehead atoms. The van der Waals surface area contributed by atoms with Crippen molar-refractivity contribution in [2.75, 3.05) is 20.3 Å². The first kappa shape index (κ1) is 17.0. The van der Waals surface area contributed by atoms with Gasteiger partial charge in [-0.15, -0.1) is 0 Å². The summed E-state index contributed by atoms with van der Waals surface area (Å²) in [5.41, 5.74) is 0.226. The highest BCUT2D eigenvalue weighted by atomic mass is 35.5.